The Bertz CT molecular complexity index is 345. The van der Waals surface area contributed by atoms with Crippen LogP contribution in [0.1, 0.15) is 0 Å². The molecule has 0 aromatic rings. The Morgan fingerprint density at radius 1 is 0.824 bits per heavy atom. The molecular formula is C6H2BF7O3-2. The second kappa shape index (κ2) is 3.59. The standard InChI is InChI=1S/C6H2BF7O3/c8-3(9)1-2-4(10,17-7(15)16)6(13,14)5(3,11)12/h1-2H/q-2. The van der Waals surface area contributed by atoms with E-state index in [4.69, 9.17) is 0 Å². The van der Waals surface area contributed by atoms with Crippen molar-refractivity contribution >= 4 is 7.32 Å². The van der Waals surface area contributed by atoms with E-state index in [0.29, 0.717) is 0 Å². The SMILES string of the molecule is [O-]B([O-])OC1(F)C=CC(F)(F)C(F)(F)C1(F)F. The van der Waals surface area contributed by atoms with Gasteiger partial charge in [-0.15, -0.1) is 0 Å². The van der Waals surface area contributed by atoms with Crippen molar-refractivity contribution in [3.8, 4) is 0 Å². The molecule has 0 saturated heterocycles. The third-order valence-corrected chi connectivity index (χ3v) is 2.02. The first kappa shape index (κ1) is 14.3. The molecule has 98 valence electrons. The van der Waals surface area contributed by atoms with Crippen LogP contribution >= 0.6 is 0 Å². The van der Waals surface area contributed by atoms with Crippen LogP contribution in [0.2, 0.25) is 0 Å². The average Bonchev–Trinajstić information content (AvgIpc) is 2.11. The zero-order valence-electron chi connectivity index (χ0n) is 7.60. The molecule has 0 spiro atoms. The molecule has 0 heterocycles. The highest BCUT2D eigenvalue weighted by Crippen LogP contribution is 2.56. The molecule has 0 fully saturated rings. The van der Waals surface area contributed by atoms with Crippen LogP contribution in [-0.2, 0) is 4.65 Å². The third kappa shape index (κ3) is 1.81. The second-order valence-electron chi connectivity index (χ2n) is 3.16. The van der Waals surface area contributed by atoms with Gasteiger partial charge in [0.05, 0.1) is 7.32 Å². The molecular weight excluding hydrogens is 264 g/mol. The Balaban J connectivity index is 3.30. The Morgan fingerprint density at radius 3 is 1.71 bits per heavy atom. The first-order valence-corrected chi connectivity index (χ1v) is 3.89. The molecule has 1 aliphatic carbocycles. The number of rotatable bonds is 2. The number of allylic oxidation sites excluding steroid dienone is 1. The summed E-state index contributed by atoms with van der Waals surface area (Å²) in [5.41, 5.74) is 0. The summed E-state index contributed by atoms with van der Waals surface area (Å²) in [6, 6.07) is 0. The van der Waals surface area contributed by atoms with Crippen molar-refractivity contribution in [1.29, 1.82) is 0 Å². The maximum atomic E-state index is 13.2. The minimum absolute atomic E-state index is 0.771. The van der Waals surface area contributed by atoms with Gasteiger partial charge in [-0.3, -0.25) is 0 Å². The predicted molar refractivity (Wildman–Crippen MR) is 34.7 cm³/mol. The van der Waals surface area contributed by atoms with Gasteiger partial charge < -0.3 is 14.7 Å². The molecule has 1 rings (SSSR count). The van der Waals surface area contributed by atoms with E-state index in [1.54, 1.807) is 0 Å². The van der Waals surface area contributed by atoms with Crippen LogP contribution in [0.5, 0.6) is 0 Å². The molecule has 0 bridgehead atoms. The molecule has 0 saturated carbocycles. The molecule has 0 radical (unpaired) electrons. The lowest BCUT2D eigenvalue weighted by atomic mass is 9.90. The van der Waals surface area contributed by atoms with Gasteiger partial charge in [0.25, 0.3) is 5.85 Å². The smallest absolute Gasteiger partial charge is 0.381 e. The van der Waals surface area contributed by atoms with Crippen LogP contribution in [0.15, 0.2) is 12.2 Å². The van der Waals surface area contributed by atoms with Gasteiger partial charge in [0.2, 0.25) is 0 Å². The summed E-state index contributed by atoms with van der Waals surface area (Å²) in [6.07, 6.45) is -1.65. The fourth-order valence-electron chi connectivity index (χ4n) is 1.10. The third-order valence-electron chi connectivity index (χ3n) is 2.02. The first-order valence-electron chi connectivity index (χ1n) is 3.89. The zero-order chi connectivity index (χ0) is 13.7. The van der Waals surface area contributed by atoms with Gasteiger partial charge in [-0.05, 0) is 12.2 Å². The minimum atomic E-state index is -6.14. The number of alkyl halides is 7. The maximum Gasteiger partial charge on any atom is 0.381 e. The van der Waals surface area contributed by atoms with Crippen LogP contribution in [0.25, 0.3) is 0 Å². The highest BCUT2D eigenvalue weighted by atomic mass is 19.3. The van der Waals surface area contributed by atoms with E-state index in [1.165, 1.54) is 0 Å². The normalized spacial score (nSPS) is 33.5. The topological polar surface area (TPSA) is 55.3 Å². The van der Waals surface area contributed by atoms with Gasteiger partial charge in [-0.2, -0.15) is 26.3 Å². The Kier molecular flexibility index (Phi) is 3.01. The van der Waals surface area contributed by atoms with Crippen molar-refractivity contribution in [2.45, 2.75) is 23.6 Å². The summed E-state index contributed by atoms with van der Waals surface area (Å²) in [5, 5.41) is 19.7. The molecule has 11 heteroatoms. The highest BCUT2D eigenvalue weighted by molar-refractivity contribution is 6.28. The molecule has 0 amide bonds. The van der Waals surface area contributed by atoms with E-state index in [9.17, 15) is 40.8 Å². The Hall–Kier alpha value is -0.805. The van der Waals surface area contributed by atoms with E-state index < -0.39 is 43.1 Å². The van der Waals surface area contributed by atoms with E-state index in [-0.39, 0.29) is 0 Å². The summed E-state index contributed by atoms with van der Waals surface area (Å²) >= 11 is 0. The fourth-order valence-corrected chi connectivity index (χ4v) is 1.10. The van der Waals surface area contributed by atoms with Gasteiger partial charge in [-0.25, -0.2) is 4.39 Å². The molecule has 1 unspecified atom stereocenters. The molecule has 0 aliphatic heterocycles. The maximum absolute atomic E-state index is 13.2. The van der Waals surface area contributed by atoms with Crippen LogP contribution in [-0.4, -0.2) is 30.9 Å². The highest BCUT2D eigenvalue weighted by Gasteiger charge is 2.81. The Morgan fingerprint density at radius 2 is 1.29 bits per heavy atom. The van der Waals surface area contributed by atoms with E-state index in [1.807, 2.05) is 0 Å². The monoisotopic (exact) mass is 266 g/mol. The molecule has 0 N–H and O–H groups in total. The average molecular weight is 266 g/mol. The molecule has 1 atom stereocenters. The first-order chi connectivity index (χ1) is 7.37. The van der Waals surface area contributed by atoms with Crippen molar-refractivity contribution in [1.82, 2.24) is 0 Å². The van der Waals surface area contributed by atoms with Crippen LogP contribution in [0.3, 0.4) is 0 Å². The molecule has 17 heavy (non-hydrogen) atoms. The van der Waals surface area contributed by atoms with E-state index in [0.717, 1.165) is 0 Å². The van der Waals surface area contributed by atoms with Gasteiger partial charge in [0.15, 0.2) is 0 Å². The minimum Gasteiger partial charge on any atom is -0.871 e. The summed E-state index contributed by atoms with van der Waals surface area (Å²) in [5.74, 6) is -22.4. The van der Waals surface area contributed by atoms with Crippen molar-refractivity contribution in [2.24, 2.45) is 0 Å². The second-order valence-corrected chi connectivity index (χ2v) is 3.16. The van der Waals surface area contributed by atoms with Gasteiger partial charge in [0.1, 0.15) is 0 Å². The van der Waals surface area contributed by atoms with Crippen molar-refractivity contribution in [3.63, 3.8) is 0 Å². The van der Waals surface area contributed by atoms with E-state index >= 15 is 0 Å². The lowest BCUT2D eigenvalue weighted by Crippen LogP contribution is -2.69. The predicted octanol–water partition coefficient (Wildman–Crippen LogP) is -0.150. The lowest BCUT2D eigenvalue weighted by molar-refractivity contribution is -0.422. The van der Waals surface area contributed by atoms with Gasteiger partial charge >= 0.3 is 17.8 Å². The molecule has 1 aliphatic rings. The summed E-state index contributed by atoms with van der Waals surface area (Å²) < 4.78 is 91.9. The van der Waals surface area contributed by atoms with E-state index in [2.05, 4.69) is 4.65 Å². The Labute approximate surface area is 89.7 Å². The van der Waals surface area contributed by atoms with Gasteiger partial charge in [0, 0.05) is 0 Å². The quantitative estimate of drug-likeness (QED) is 0.396. The van der Waals surface area contributed by atoms with Crippen molar-refractivity contribution < 1.29 is 45.4 Å². The number of halogens is 7. The lowest BCUT2D eigenvalue weighted by Gasteiger charge is -2.45. The summed E-state index contributed by atoms with van der Waals surface area (Å²) in [6.45, 7) is 0. The van der Waals surface area contributed by atoms with Crippen molar-refractivity contribution in [2.75, 3.05) is 0 Å². The summed E-state index contributed by atoms with van der Waals surface area (Å²) in [7, 11) is -3.68. The van der Waals surface area contributed by atoms with Crippen LogP contribution in [0, 0.1) is 0 Å². The zero-order valence-corrected chi connectivity index (χ0v) is 7.60. The largest absolute Gasteiger partial charge is 0.871 e. The summed E-state index contributed by atoms with van der Waals surface area (Å²) in [4.78, 5) is 0. The molecule has 0 aromatic carbocycles. The van der Waals surface area contributed by atoms with Gasteiger partial charge in [-0.1, -0.05) is 0 Å². The molecule has 0 aromatic heterocycles. The van der Waals surface area contributed by atoms with Crippen LogP contribution < -0.4 is 10.0 Å². The fraction of sp³-hybridized carbons (Fsp3) is 0.667. The number of hydrogen-bond acceptors (Lipinski definition) is 3. The number of hydrogen-bond donors (Lipinski definition) is 0. The van der Waals surface area contributed by atoms with Crippen LogP contribution in [0.4, 0.5) is 30.7 Å². The van der Waals surface area contributed by atoms with Crippen molar-refractivity contribution in [3.05, 3.63) is 12.2 Å². The molecule has 3 nitrogen and oxygen atoms in total.